The Kier molecular flexibility index (Phi) is 3.82. The van der Waals surface area contributed by atoms with Gasteiger partial charge in [-0.25, -0.2) is 4.98 Å². The number of fused-ring (bicyclic) bond motifs is 1. The Hall–Kier alpha value is -1.69. The fourth-order valence-electron chi connectivity index (χ4n) is 2.85. The van der Waals surface area contributed by atoms with E-state index in [4.69, 9.17) is 0 Å². The molecular formula is C14H22N6. The highest BCUT2D eigenvalue weighted by molar-refractivity contribution is 5.62. The van der Waals surface area contributed by atoms with Crippen molar-refractivity contribution in [3.05, 3.63) is 18.2 Å². The van der Waals surface area contributed by atoms with Crippen LogP contribution in [0.5, 0.6) is 0 Å². The van der Waals surface area contributed by atoms with E-state index in [0.717, 1.165) is 30.1 Å². The molecular weight excluding hydrogens is 252 g/mol. The maximum atomic E-state index is 4.42. The van der Waals surface area contributed by atoms with Gasteiger partial charge < -0.3 is 10.2 Å². The molecule has 0 radical (unpaired) electrons. The molecule has 108 valence electrons. The molecule has 0 aliphatic carbocycles. The summed E-state index contributed by atoms with van der Waals surface area (Å²) in [5.41, 5.74) is 0.820. The van der Waals surface area contributed by atoms with E-state index in [9.17, 15) is 0 Å². The van der Waals surface area contributed by atoms with E-state index in [1.165, 1.54) is 26.1 Å². The van der Waals surface area contributed by atoms with Crippen molar-refractivity contribution in [3.63, 3.8) is 0 Å². The molecule has 0 spiro atoms. The molecule has 0 bridgehead atoms. The number of anilines is 1. The molecule has 0 amide bonds. The highest BCUT2D eigenvalue weighted by Crippen LogP contribution is 2.18. The Morgan fingerprint density at radius 1 is 1.30 bits per heavy atom. The van der Waals surface area contributed by atoms with Crippen molar-refractivity contribution in [3.8, 4) is 0 Å². The Labute approximate surface area is 119 Å². The molecule has 1 N–H and O–H groups in total. The van der Waals surface area contributed by atoms with Crippen LogP contribution in [0.2, 0.25) is 0 Å². The number of hydrogen-bond donors (Lipinski definition) is 1. The standard InChI is InChI=1S/C14H22N6/c1-3-7-19-8-4-12(5-9-19)16-13-14-18-17-11(2)20(14)10-6-15-13/h6,10,12H,3-5,7-9H2,1-2H3,(H,15,16). The fraction of sp³-hybridized carbons (Fsp3) is 0.643. The van der Waals surface area contributed by atoms with E-state index in [0.29, 0.717) is 6.04 Å². The number of rotatable bonds is 4. The fourth-order valence-corrected chi connectivity index (χ4v) is 2.85. The van der Waals surface area contributed by atoms with E-state index in [1.54, 1.807) is 6.20 Å². The lowest BCUT2D eigenvalue weighted by Crippen LogP contribution is -2.39. The third-order valence-corrected chi connectivity index (χ3v) is 3.97. The Balaban J connectivity index is 1.68. The first-order chi connectivity index (χ1) is 9.78. The molecule has 6 nitrogen and oxygen atoms in total. The van der Waals surface area contributed by atoms with Crippen molar-refractivity contribution >= 4 is 11.5 Å². The molecule has 2 aromatic heterocycles. The Bertz CT molecular complexity index is 570. The zero-order chi connectivity index (χ0) is 13.9. The van der Waals surface area contributed by atoms with E-state index < -0.39 is 0 Å². The van der Waals surface area contributed by atoms with Crippen molar-refractivity contribution < 1.29 is 0 Å². The summed E-state index contributed by atoms with van der Waals surface area (Å²) >= 11 is 0. The first kappa shape index (κ1) is 13.3. The van der Waals surface area contributed by atoms with E-state index in [-0.39, 0.29) is 0 Å². The average Bonchev–Trinajstić information content (AvgIpc) is 2.84. The number of aromatic nitrogens is 4. The van der Waals surface area contributed by atoms with Gasteiger partial charge >= 0.3 is 0 Å². The van der Waals surface area contributed by atoms with Gasteiger partial charge in [0.15, 0.2) is 5.82 Å². The molecule has 20 heavy (non-hydrogen) atoms. The second-order valence-corrected chi connectivity index (χ2v) is 5.48. The first-order valence-electron chi connectivity index (χ1n) is 7.43. The number of nitrogens with zero attached hydrogens (tertiary/aromatic N) is 5. The predicted molar refractivity (Wildman–Crippen MR) is 78.9 cm³/mol. The van der Waals surface area contributed by atoms with E-state index in [2.05, 4.69) is 32.3 Å². The van der Waals surface area contributed by atoms with Gasteiger partial charge in [0, 0.05) is 31.5 Å². The minimum atomic E-state index is 0.485. The zero-order valence-electron chi connectivity index (χ0n) is 12.2. The van der Waals surface area contributed by atoms with Gasteiger partial charge in [-0.2, -0.15) is 0 Å². The van der Waals surface area contributed by atoms with Crippen molar-refractivity contribution in [2.75, 3.05) is 25.0 Å². The van der Waals surface area contributed by atoms with Crippen LogP contribution in [-0.2, 0) is 0 Å². The second kappa shape index (κ2) is 5.75. The van der Waals surface area contributed by atoms with E-state index >= 15 is 0 Å². The maximum absolute atomic E-state index is 4.42. The number of hydrogen-bond acceptors (Lipinski definition) is 5. The smallest absolute Gasteiger partial charge is 0.203 e. The highest BCUT2D eigenvalue weighted by Gasteiger charge is 2.20. The van der Waals surface area contributed by atoms with Crippen LogP contribution < -0.4 is 5.32 Å². The van der Waals surface area contributed by atoms with Crippen LogP contribution in [0.3, 0.4) is 0 Å². The quantitative estimate of drug-likeness (QED) is 0.920. The molecule has 2 aromatic rings. The third kappa shape index (κ3) is 2.60. The molecule has 6 heteroatoms. The average molecular weight is 274 g/mol. The number of piperidine rings is 1. The lowest BCUT2D eigenvalue weighted by Gasteiger charge is -2.32. The van der Waals surface area contributed by atoms with Gasteiger partial charge in [0.1, 0.15) is 5.82 Å². The van der Waals surface area contributed by atoms with Crippen LogP contribution >= 0.6 is 0 Å². The highest BCUT2D eigenvalue weighted by atomic mass is 15.3. The van der Waals surface area contributed by atoms with Gasteiger partial charge in [-0.05, 0) is 32.7 Å². The van der Waals surface area contributed by atoms with Gasteiger partial charge in [-0.3, -0.25) is 4.40 Å². The number of nitrogens with one attached hydrogen (secondary N) is 1. The molecule has 1 aliphatic heterocycles. The van der Waals surface area contributed by atoms with Gasteiger partial charge in [0.2, 0.25) is 5.65 Å². The van der Waals surface area contributed by atoms with Crippen LogP contribution in [0, 0.1) is 6.92 Å². The molecule has 1 fully saturated rings. The van der Waals surface area contributed by atoms with Crippen molar-refractivity contribution in [1.82, 2.24) is 24.5 Å². The predicted octanol–water partition coefficient (Wildman–Crippen LogP) is 1.72. The zero-order valence-corrected chi connectivity index (χ0v) is 12.2. The van der Waals surface area contributed by atoms with Crippen LogP contribution in [0.4, 0.5) is 5.82 Å². The van der Waals surface area contributed by atoms with E-state index in [1.807, 2.05) is 17.5 Å². The van der Waals surface area contributed by atoms with Crippen LogP contribution in [0.15, 0.2) is 12.4 Å². The monoisotopic (exact) mass is 274 g/mol. The van der Waals surface area contributed by atoms with Crippen LogP contribution in [-0.4, -0.2) is 50.2 Å². The second-order valence-electron chi connectivity index (χ2n) is 5.48. The molecule has 0 aromatic carbocycles. The summed E-state index contributed by atoms with van der Waals surface area (Å²) in [7, 11) is 0. The summed E-state index contributed by atoms with van der Waals surface area (Å²) in [6, 6.07) is 0.485. The molecule has 3 heterocycles. The third-order valence-electron chi connectivity index (χ3n) is 3.97. The summed E-state index contributed by atoms with van der Waals surface area (Å²) in [6.07, 6.45) is 7.27. The van der Waals surface area contributed by atoms with Gasteiger partial charge in [-0.1, -0.05) is 6.92 Å². The summed E-state index contributed by atoms with van der Waals surface area (Å²) in [4.78, 5) is 6.96. The molecule has 0 unspecified atom stereocenters. The van der Waals surface area contributed by atoms with Gasteiger partial charge in [0.05, 0.1) is 0 Å². The normalized spacial score (nSPS) is 17.7. The molecule has 0 saturated carbocycles. The van der Waals surface area contributed by atoms with Gasteiger partial charge in [0.25, 0.3) is 0 Å². The topological polar surface area (TPSA) is 58.4 Å². The lowest BCUT2D eigenvalue weighted by atomic mass is 10.0. The van der Waals surface area contributed by atoms with Crippen LogP contribution in [0.1, 0.15) is 32.0 Å². The van der Waals surface area contributed by atoms with Crippen LogP contribution in [0.25, 0.3) is 5.65 Å². The van der Waals surface area contributed by atoms with Crippen molar-refractivity contribution in [2.45, 2.75) is 39.2 Å². The number of likely N-dealkylation sites (tertiary alicyclic amines) is 1. The SMILES string of the molecule is CCCN1CCC(Nc2nccn3c(C)nnc23)CC1. The summed E-state index contributed by atoms with van der Waals surface area (Å²) in [6.45, 7) is 7.74. The lowest BCUT2D eigenvalue weighted by molar-refractivity contribution is 0.219. The van der Waals surface area contributed by atoms with Gasteiger partial charge in [-0.15, -0.1) is 10.2 Å². The summed E-state index contributed by atoms with van der Waals surface area (Å²) in [5.74, 6) is 1.74. The molecule has 1 saturated heterocycles. The largest absolute Gasteiger partial charge is 0.364 e. The molecule has 1 aliphatic rings. The minimum Gasteiger partial charge on any atom is -0.364 e. The summed E-state index contributed by atoms with van der Waals surface area (Å²) in [5, 5.41) is 11.9. The molecule has 3 rings (SSSR count). The minimum absolute atomic E-state index is 0.485. The Morgan fingerprint density at radius 3 is 2.85 bits per heavy atom. The Morgan fingerprint density at radius 2 is 2.10 bits per heavy atom. The van der Waals surface area contributed by atoms with Crippen molar-refractivity contribution in [1.29, 1.82) is 0 Å². The maximum Gasteiger partial charge on any atom is 0.203 e. The number of aryl methyl sites for hydroxylation is 1. The first-order valence-corrected chi connectivity index (χ1v) is 7.43. The molecule has 0 atom stereocenters. The van der Waals surface area contributed by atoms with Crippen molar-refractivity contribution in [2.24, 2.45) is 0 Å². The summed E-state index contributed by atoms with van der Waals surface area (Å²) < 4.78 is 1.97.